The molecule has 0 radical (unpaired) electrons. The first-order valence-electron chi connectivity index (χ1n) is 0.471. The Morgan fingerprint density at radius 3 is 1.50 bits per heavy atom. The summed E-state index contributed by atoms with van der Waals surface area (Å²) in [6.07, 6.45) is 0. The van der Waals surface area contributed by atoms with Gasteiger partial charge < -0.3 is 0 Å². The molecule has 0 fully saturated rings. The van der Waals surface area contributed by atoms with Gasteiger partial charge in [-0.15, -0.1) is 0 Å². The van der Waals surface area contributed by atoms with Gasteiger partial charge in [0.25, 0.3) is 0 Å². The van der Waals surface area contributed by atoms with Crippen LogP contribution in [0.4, 0.5) is 0 Å². The molecule has 0 aliphatic rings. The molecule has 4 heavy (non-hydrogen) atoms. The van der Waals surface area contributed by atoms with Crippen molar-refractivity contribution in [2.24, 2.45) is 0 Å². The van der Waals surface area contributed by atoms with Gasteiger partial charge in [-0.2, -0.15) is 0 Å². The van der Waals surface area contributed by atoms with E-state index in [2.05, 4.69) is 15.0 Å². The molecular weight excluding hydrogens is 133 g/mol. The first-order chi connectivity index (χ1) is 2.00. The van der Waals surface area contributed by atoms with Crippen molar-refractivity contribution in [2.45, 2.75) is 0 Å². The summed E-state index contributed by atoms with van der Waals surface area (Å²) in [4.78, 5) is 0. The summed E-state index contributed by atoms with van der Waals surface area (Å²) in [6.45, 7) is 0. The molecule has 0 amide bonds. The summed E-state index contributed by atoms with van der Waals surface area (Å²) < 4.78 is 8.28. The van der Waals surface area contributed by atoms with Crippen molar-refractivity contribution in [2.75, 3.05) is 0 Å². The van der Waals surface area contributed by atoms with Crippen LogP contribution in [0.2, 0.25) is 0 Å². The first kappa shape index (κ1) is 8.98. The average molecular weight is 136 g/mol. The van der Waals surface area contributed by atoms with Crippen LogP contribution in [0.15, 0.2) is 0 Å². The molecule has 0 saturated carbocycles. The molecule has 0 aliphatic carbocycles. The summed E-state index contributed by atoms with van der Waals surface area (Å²) in [6, 6.07) is 0. The van der Waals surface area contributed by atoms with Crippen molar-refractivity contribution in [3.05, 3.63) is 0 Å². The Balaban J connectivity index is 0. The van der Waals surface area contributed by atoms with Gasteiger partial charge >= 0.3 is 43.1 Å². The average Bonchev–Trinajstić information content (AvgIpc) is 1.50. The van der Waals surface area contributed by atoms with Gasteiger partial charge in [0.05, 0.1) is 0 Å². The van der Waals surface area contributed by atoms with E-state index in [4.69, 9.17) is 3.80 Å². The molecule has 0 N–H and O–H groups in total. The summed E-state index contributed by atoms with van der Waals surface area (Å²) in [5.41, 5.74) is 0. The summed E-state index contributed by atoms with van der Waals surface area (Å²) >= 11 is 4.40. The predicted octanol–water partition coefficient (Wildman–Crippen LogP) is -0.444. The SMILES string of the molecule is [O]=[AlH].[PH2][Ni]. The molecule has 0 aromatic carbocycles. The van der Waals surface area contributed by atoms with Gasteiger partial charge in [0.2, 0.25) is 0 Å². The first-order valence-corrected chi connectivity index (χ1v) is 3.12. The van der Waals surface area contributed by atoms with E-state index in [-0.39, 0.29) is 0 Å². The quantitative estimate of drug-likeness (QED) is 0.325. The van der Waals surface area contributed by atoms with Crippen LogP contribution in [0.3, 0.4) is 0 Å². The fourth-order valence-electron chi connectivity index (χ4n) is 0. The third-order valence-electron chi connectivity index (χ3n) is 0. The number of hydrogen-bond donors (Lipinski definition) is 0. The van der Waals surface area contributed by atoms with Gasteiger partial charge in [0, 0.05) is 0 Å². The van der Waals surface area contributed by atoms with E-state index in [1.54, 1.807) is 0 Å². The molecule has 1 unspecified atom stereocenters. The van der Waals surface area contributed by atoms with Crippen LogP contribution < -0.4 is 0 Å². The molecule has 1 nitrogen and oxygen atoms in total. The fraction of sp³-hybridized carbons (Fsp3) is 0. The molecule has 0 aromatic rings. The second kappa shape index (κ2) is 28.6. The van der Waals surface area contributed by atoms with Crippen molar-refractivity contribution in [3.63, 3.8) is 0 Å². The van der Waals surface area contributed by atoms with Crippen LogP contribution in [0.25, 0.3) is 0 Å². The van der Waals surface area contributed by atoms with E-state index >= 15 is 0 Å². The normalized spacial score (nSPS) is 2.50. The number of hydrogen-bond acceptors (Lipinski definition) is 1. The molecule has 0 heterocycles. The molecule has 0 saturated heterocycles. The molecule has 0 aliphatic heterocycles. The van der Waals surface area contributed by atoms with Crippen molar-refractivity contribution in [1.29, 1.82) is 0 Å². The van der Waals surface area contributed by atoms with Crippen LogP contribution in [-0.2, 0) is 18.8 Å². The Hall–Kier alpha value is 1.26. The van der Waals surface area contributed by atoms with Gasteiger partial charge in [-0.3, -0.25) is 0 Å². The molecule has 27 valence electrons. The van der Waals surface area contributed by atoms with E-state index in [0.29, 0.717) is 16.2 Å². The van der Waals surface area contributed by atoms with Gasteiger partial charge in [-0.05, 0) is 0 Å². The summed E-state index contributed by atoms with van der Waals surface area (Å²) in [5.74, 6) is 0. The fourth-order valence-corrected chi connectivity index (χ4v) is 0. The van der Waals surface area contributed by atoms with E-state index in [0.717, 1.165) is 0 Å². The zero-order valence-electron chi connectivity index (χ0n) is 2.01. The zero-order valence-corrected chi connectivity index (χ0v) is 5.57. The minimum atomic E-state index is 0.611. The second-order valence-corrected chi connectivity index (χ2v) is 0. The van der Waals surface area contributed by atoms with Crippen LogP contribution in [0.1, 0.15) is 0 Å². The van der Waals surface area contributed by atoms with Crippen LogP contribution in [0.5, 0.6) is 0 Å². The Bertz CT molecular complexity index is 8.00. The summed E-state index contributed by atoms with van der Waals surface area (Å²) in [7, 11) is 2.04. The van der Waals surface area contributed by atoms with Gasteiger partial charge in [0.1, 0.15) is 0 Å². The molecule has 1 atom stereocenters. The third kappa shape index (κ3) is 10.5. The molecule has 0 bridgehead atoms. The van der Waals surface area contributed by atoms with E-state index < -0.39 is 0 Å². The standard InChI is InChI=1S/Al.Ni.O.H2P.H/h;;;1H2;/q;+1;;-1;. The zero-order chi connectivity index (χ0) is 4.00. The Morgan fingerprint density at radius 1 is 1.50 bits per heavy atom. The van der Waals surface area contributed by atoms with Gasteiger partial charge in [-0.1, -0.05) is 0 Å². The van der Waals surface area contributed by atoms with Crippen LogP contribution in [0, 0.1) is 0 Å². The topological polar surface area (TPSA) is 17.1 Å². The number of rotatable bonds is 0. The van der Waals surface area contributed by atoms with E-state index in [1.165, 1.54) is 0 Å². The molecular formula is H3AlNiOP. The van der Waals surface area contributed by atoms with Crippen LogP contribution >= 0.6 is 8.01 Å². The van der Waals surface area contributed by atoms with Crippen molar-refractivity contribution in [1.82, 2.24) is 0 Å². The maximum atomic E-state index is 8.28. The maximum absolute atomic E-state index is 8.28. The predicted molar refractivity (Wildman–Crippen MR) is 17.5 cm³/mol. The second-order valence-electron chi connectivity index (χ2n) is 0. The van der Waals surface area contributed by atoms with Crippen molar-refractivity contribution >= 4 is 24.2 Å². The Kier molecular flexibility index (Phi) is 64.2. The van der Waals surface area contributed by atoms with Crippen molar-refractivity contribution in [3.8, 4) is 0 Å². The Labute approximate surface area is 43.4 Å². The van der Waals surface area contributed by atoms with Gasteiger partial charge in [-0.25, -0.2) is 0 Å². The molecule has 0 spiro atoms. The molecule has 0 aromatic heterocycles. The third-order valence-corrected chi connectivity index (χ3v) is 0. The Morgan fingerprint density at radius 2 is 1.50 bits per heavy atom. The molecule has 0 rings (SSSR count). The van der Waals surface area contributed by atoms with Gasteiger partial charge in [0.15, 0.2) is 0 Å². The van der Waals surface area contributed by atoms with Crippen molar-refractivity contribution < 1.29 is 18.8 Å². The van der Waals surface area contributed by atoms with E-state index in [1.807, 2.05) is 8.01 Å². The molecule has 4 heteroatoms. The summed E-state index contributed by atoms with van der Waals surface area (Å²) in [5, 5.41) is 0. The van der Waals surface area contributed by atoms with Crippen LogP contribution in [-0.4, -0.2) is 16.2 Å². The monoisotopic (exact) mass is 135 g/mol. The minimum absolute atomic E-state index is 0.611. The van der Waals surface area contributed by atoms with E-state index in [9.17, 15) is 0 Å².